The van der Waals surface area contributed by atoms with E-state index in [1.54, 1.807) is 0 Å². The average molecular weight is 231 g/mol. The van der Waals surface area contributed by atoms with E-state index in [-0.39, 0.29) is 0 Å². The maximum absolute atomic E-state index is 5.44. The summed E-state index contributed by atoms with van der Waals surface area (Å²) >= 11 is 0. The zero-order valence-electron chi connectivity index (χ0n) is 10.3. The third-order valence-electron chi connectivity index (χ3n) is 4.03. The zero-order valence-corrected chi connectivity index (χ0v) is 10.3. The molecule has 0 bridgehead atoms. The Morgan fingerprint density at radius 1 is 1.18 bits per heavy atom. The molecule has 0 aromatic heterocycles. The minimum absolute atomic E-state index is 0.633. The Labute approximate surface area is 103 Å². The summed E-state index contributed by atoms with van der Waals surface area (Å²) in [6.07, 6.45) is 5.03. The van der Waals surface area contributed by atoms with E-state index in [0.29, 0.717) is 12.0 Å². The highest BCUT2D eigenvalue weighted by molar-refractivity contribution is 5.26. The first-order valence-corrected chi connectivity index (χ1v) is 6.82. The number of benzene rings is 1. The van der Waals surface area contributed by atoms with Gasteiger partial charge < -0.3 is 10.1 Å². The summed E-state index contributed by atoms with van der Waals surface area (Å²) < 4.78 is 5.44. The molecule has 0 amide bonds. The topological polar surface area (TPSA) is 21.3 Å². The van der Waals surface area contributed by atoms with Gasteiger partial charge in [-0.1, -0.05) is 24.3 Å². The fourth-order valence-electron chi connectivity index (χ4n) is 2.94. The van der Waals surface area contributed by atoms with E-state index in [0.717, 1.165) is 13.2 Å². The fourth-order valence-corrected chi connectivity index (χ4v) is 2.94. The van der Waals surface area contributed by atoms with Gasteiger partial charge in [-0.2, -0.15) is 0 Å². The summed E-state index contributed by atoms with van der Waals surface area (Å²) in [4.78, 5) is 0. The van der Waals surface area contributed by atoms with Gasteiger partial charge in [0.05, 0.1) is 6.61 Å². The molecule has 3 rings (SSSR count). The lowest BCUT2D eigenvalue weighted by atomic mass is 9.96. The number of hydrogen-bond donors (Lipinski definition) is 1. The van der Waals surface area contributed by atoms with E-state index in [1.165, 1.54) is 43.4 Å². The number of nitrogens with one attached hydrogen (secondary N) is 1. The van der Waals surface area contributed by atoms with Crippen molar-refractivity contribution in [2.24, 2.45) is 0 Å². The number of ether oxygens (including phenoxy) is 1. The van der Waals surface area contributed by atoms with Crippen LogP contribution in [0, 0.1) is 0 Å². The molecule has 17 heavy (non-hydrogen) atoms. The fraction of sp³-hybridized carbons (Fsp3) is 0.600. The first kappa shape index (κ1) is 11.2. The lowest BCUT2D eigenvalue weighted by molar-refractivity contribution is 0.194. The highest BCUT2D eigenvalue weighted by atomic mass is 16.5. The maximum atomic E-state index is 5.44. The summed E-state index contributed by atoms with van der Waals surface area (Å²) in [5, 5.41) is 3.55. The van der Waals surface area contributed by atoms with Gasteiger partial charge in [0.15, 0.2) is 0 Å². The predicted octanol–water partition coefficient (Wildman–Crippen LogP) is 2.49. The highest BCUT2D eigenvalue weighted by Crippen LogP contribution is 2.25. The molecule has 2 fully saturated rings. The van der Waals surface area contributed by atoms with E-state index in [4.69, 9.17) is 4.74 Å². The van der Waals surface area contributed by atoms with Crippen LogP contribution in [0.2, 0.25) is 0 Å². The molecular weight excluding hydrogens is 210 g/mol. The van der Waals surface area contributed by atoms with Crippen LogP contribution in [0.4, 0.5) is 0 Å². The second kappa shape index (κ2) is 5.19. The van der Waals surface area contributed by atoms with Gasteiger partial charge in [-0.15, -0.1) is 0 Å². The third-order valence-corrected chi connectivity index (χ3v) is 4.03. The molecule has 2 heterocycles. The predicted molar refractivity (Wildman–Crippen MR) is 69.3 cm³/mol. The van der Waals surface area contributed by atoms with Crippen molar-refractivity contribution < 1.29 is 4.74 Å². The summed E-state index contributed by atoms with van der Waals surface area (Å²) in [5.41, 5.74) is 2.91. The van der Waals surface area contributed by atoms with Crippen molar-refractivity contribution in [1.82, 2.24) is 5.32 Å². The summed E-state index contributed by atoms with van der Waals surface area (Å²) in [7, 11) is 0. The summed E-state index contributed by atoms with van der Waals surface area (Å²) in [6.45, 7) is 3.03. The van der Waals surface area contributed by atoms with E-state index < -0.39 is 0 Å². The van der Waals surface area contributed by atoms with Gasteiger partial charge in [-0.05, 0) is 43.4 Å². The molecule has 1 aromatic carbocycles. The maximum Gasteiger partial charge on any atom is 0.0535 e. The molecule has 0 spiro atoms. The second-order valence-corrected chi connectivity index (χ2v) is 5.30. The molecular formula is C15H21NO. The Bertz CT molecular complexity index is 348. The average Bonchev–Trinajstić information content (AvgIpc) is 3.01. The highest BCUT2D eigenvalue weighted by Gasteiger charge is 2.18. The Balaban J connectivity index is 1.62. The monoisotopic (exact) mass is 231 g/mol. The molecule has 0 aliphatic carbocycles. The van der Waals surface area contributed by atoms with Crippen LogP contribution in [-0.2, 0) is 11.2 Å². The molecule has 2 atom stereocenters. The number of rotatable bonds is 3. The van der Waals surface area contributed by atoms with Crippen molar-refractivity contribution in [3.8, 4) is 0 Å². The lowest BCUT2D eigenvalue weighted by Gasteiger charge is -2.12. The van der Waals surface area contributed by atoms with Crippen LogP contribution in [0.1, 0.15) is 36.3 Å². The Hall–Kier alpha value is -0.860. The van der Waals surface area contributed by atoms with Crippen molar-refractivity contribution in [2.75, 3.05) is 19.8 Å². The molecule has 2 heteroatoms. The van der Waals surface area contributed by atoms with Crippen molar-refractivity contribution >= 4 is 0 Å². The van der Waals surface area contributed by atoms with Gasteiger partial charge in [-0.25, -0.2) is 0 Å². The van der Waals surface area contributed by atoms with Gasteiger partial charge >= 0.3 is 0 Å². The SMILES string of the molecule is c1cc(C2CCOC2)ccc1CC1CCCN1. The van der Waals surface area contributed by atoms with Gasteiger partial charge in [-0.3, -0.25) is 0 Å². The van der Waals surface area contributed by atoms with Crippen LogP contribution >= 0.6 is 0 Å². The smallest absolute Gasteiger partial charge is 0.0535 e. The molecule has 2 nitrogen and oxygen atoms in total. The Morgan fingerprint density at radius 2 is 2.06 bits per heavy atom. The van der Waals surface area contributed by atoms with Crippen LogP contribution < -0.4 is 5.32 Å². The van der Waals surface area contributed by atoms with Crippen molar-refractivity contribution in [3.63, 3.8) is 0 Å². The summed E-state index contributed by atoms with van der Waals surface area (Å²) in [5.74, 6) is 0.633. The molecule has 0 radical (unpaired) electrons. The molecule has 1 N–H and O–H groups in total. The first-order valence-electron chi connectivity index (χ1n) is 6.82. The second-order valence-electron chi connectivity index (χ2n) is 5.30. The van der Waals surface area contributed by atoms with Crippen molar-refractivity contribution in [2.45, 2.75) is 37.6 Å². The molecule has 2 saturated heterocycles. The van der Waals surface area contributed by atoms with Crippen molar-refractivity contribution in [3.05, 3.63) is 35.4 Å². The van der Waals surface area contributed by atoms with Crippen LogP contribution in [0.5, 0.6) is 0 Å². The number of hydrogen-bond acceptors (Lipinski definition) is 2. The molecule has 0 saturated carbocycles. The largest absolute Gasteiger partial charge is 0.381 e. The van der Waals surface area contributed by atoms with Crippen LogP contribution in [0.3, 0.4) is 0 Å². The van der Waals surface area contributed by atoms with Gasteiger partial charge in [0.25, 0.3) is 0 Å². The lowest BCUT2D eigenvalue weighted by Crippen LogP contribution is -2.23. The summed E-state index contributed by atoms with van der Waals surface area (Å²) in [6, 6.07) is 9.89. The van der Waals surface area contributed by atoms with Crippen LogP contribution in [0.25, 0.3) is 0 Å². The molecule has 2 aliphatic rings. The molecule has 2 aliphatic heterocycles. The zero-order chi connectivity index (χ0) is 11.5. The van der Waals surface area contributed by atoms with E-state index in [2.05, 4.69) is 29.6 Å². The van der Waals surface area contributed by atoms with Gasteiger partial charge in [0.1, 0.15) is 0 Å². The third kappa shape index (κ3) is 2.70. The van der Waals surface area contributed by atoms with Crippen LogP contribution in [0.15, 0.2) is 24.3 Å². The van der Waals surface area contributed by atoms with E-state index >= 15 is 0 Å². The molecule has 2 unspecified atom stereocenters. The standard InChI is InChI=1S/C15H21NO/c1-2-15(16-8-1)10-12-3-5-13(6-4-12)14-7-9-17-11-14/h3-6,14-16H,1-2,7-11H2. The quantitative estimate of drug-likeness (QED) is 0.863. The Morgan fingerprint density at radius 3 is 2.71 bits per heavy atom. The minimum Gasteiger partial charge on any atom is -0.381 e. The van der Waals surface area contributed by atoms with Gasteiger partial charge in [0, 0.05) is 18.6 Å². The van der Waals surface area contributed by atoms with Crippen LogP contribution in [-0.4, -0.2) is 25.8 Å². The molecule has 92 valence electrons. The minimum atomic E-state index is 0.633. The molecule has 1 aromatic rings. The van der Waals surface area contributed by atoms with Gasteiger partial charge in [0.2, 0.25) is 0 Å². The first-order chi connectivity index (χ1) is 8.42. The van der Waals surface area contributed by atoms with Crippen molar-refractivity contribution in [1.29, 1.82) is 0 Å². The Kier molecular flexibility index (Phi) is 3.44. The van der Waals surface area contributed by atoms with E-state index in [1.807, 2.05) is 0 Å². The van der Waals surface area contributed by atoms with E-state index in [9.17, 15) is 0 Å². The normalized spacial score (nSPS) is 28.7.